The summed E-state index contributed by atoms with van der Waals surface area (Å²) < 4.78 is 0. The van der Waals surface area contributed by atoms with Gasteiger partial charge in [0.25, 0.3) is 0 Å². The second-order valence-corrected chi connectivity index (χ2v) is 6.28. The van der Waals surface area contributed by atoms with Crippen molar-refractivity contribution in [3.8, 4) is 0 Å². The van der Waals surface area contributed by atoms with Gasteiger partial charge in [0.05, 0.1) is 0 Å². The minimum absolute atomic E-state index is 0.412. The molecule has 0 saturated heterocycles. The van der Waals surface area contributed by atoms with Gasteiger partial charge in [0.2, 0.25) is 0 Å². The highest BCUT2D eigenvalue weighted by Gasteiger charge is 2.42. The number of hydrogen-bond donors (Lipinski definition) is 0. The third-order valence-electron chi connectivity index (χ3n) is 4.68. The Morgan fingerprint density at radius 2 is 1.74 bits per heavy atom. The average Bonchev–Trinajstić information content (AvgIpc) is 2.93. The fraction of sp³-hybridized carbons (Fsp3) is 0.765. The lowest BCUT2D eigenvalue weighted by molar-refractivity contribution is -0.132. The summed E-state index contributed by atoms with van der Waals surface area (Å²) in [5.74, 6) is 3.41. The van der Waals surface area contributed by atoms with E-state index in [0.29, 0.717) is 29.3 Å². The van der Waals surface area contributed by atoms with E-state index in [2.05, 4.69) is 26.0 Å². The zero-order valence-electron chi connectivity index (χ0n) is 12.2. The van der Waals surface area contributed by atoms with Crippen molar-refractivity contribution in [3.05, 3.63) is 12.2 Å². The van der Waals surface area contributed by atoms with Crippen LogP contribution in [0.15, 0.2) is 12.2 Å². The van der Waals surface area contributed by atoms with Gasteiger partial charge in [-0.15, -0.1) is 0 Å². The minimum Gasteiger partial charge on any atom is -0.299 e. The van der Waals surface area contributed by atoms with Gasteiger partial charge in [-0.25, -0.2) is 0 Å². The van der Waals surface area contributed by atoms with E-state index in [9.17, 15) is 9.59 Å². The van der Waals surface area contributed by atoms with Gasteiger partial charge in [0.1, 0.15) is 11.6 Å². The molecule has 0 aromatic rings. The quantitative estimate of drug-likeness (QED) is 0.620. The summed E-state index contributed by atoms with van der Waals surface area (Å²) in [6.45, 7) is 4.25. The molecule has 3 saturated carbocycles. The van der Waals surface area contributed by atoms with Crippen molar-refractivity contribution in [2.24, 2.45) is 23.7 Å². The fourth-order valence-corrected chi connectivity index (χ4v) is 3.47. The fourth-order valence-electron chi connectivity index (χ4n) is 3.47. The van der Waals surface area contributed by atoms with Crippen molar-refractivity contribution in [2.45, 2.75) is 58.8 Å². The molecule has 4 atom stereocenters. The lowest BCUT2D eigenvalue weighted by atomic mass is 9.75. The van der Waals surface area contributed by atoms with E-state index in [-0.39, 0.29) is 0 Å². The third kappa shape index (κ3) is 3.16. The maximum absolute atomic E-state index is 10.7. The molecule has 0 aromatic carbocycles. The second-order valence-electron chi connectivity index (χ2n) is 6.28. The van der Waals surface area contributed by atoms with Crippen LogP contribution in [-0.2, 0) is 9.59 Å². The largest absolute Gasteiger partial charge is 0.299 e. The molecule has 4 rings (SSSR count). The van der Waals surface area contributed by atoms with Crippen LogP contribution in [0, 0.1) is 23.7 Å². The smallest absolute Gasteiger partial charge is 0.137 e. The number of ketones is 2. The van der Waals surface area contributed by atoms with E-state index in [1.165, 1.54) is 25.7 Å². The number of carbonyl (C=O) groups is 2. The molecule has 0 N–H and O–H groups in total. The van der Waals surface area contributed by atoms with Gasteiger partial charge in [0.15, 0.2) is 0 Å². The third-order valence-corrected chi connectivity index (χ3v) is 4.68. The van der Waals surface area contributed by atoms with Gasteiger partial charge in [0, 0.05) is 24.7 Å². The number of fused-ring (bicyclic) bond motifs is 2. The standard InChI is InChI=1S/C7H10O.C7H8O.C3H8/c2*8-7-4-5-2-1-3-6(5)7;1-3-2/h5-6H,1-4H2;1-2,5-6H,3-4H2;3H2,1-2H3. The molecule has 0 heterocycles. The van der Waals surface area contributed by atoms with Crippen LogP contribution in [0.3, 0.4) is 0 Å². The molecule has 2 nitrogen and oxygen atoms in total. The Balaban J connectivity index is 0.000000117. The Kier molecular flexibility index (Phi) is 4.95. The van der Waals surface area contributed by atoms with Crippen molar-refractivity contribution in [1.29, 1.82) is 0 Å². The number of carbonyl (C=O) groups excluding carboxylic acids is 2. The molecule has 2 heteroatoms. The van der Waals surface area contributed by atoms with Crippen molar-refractivity contribution in [2.75, 3.05) is 0 Å². The molecule has 0 aromatic heterocycles. The number of hydrogen-bond acceptors (Lipinski definition) is 2. The van der Waals surface area contributed by atoms with E-state index >= 15 is 0 Å². The van der Waals surface area contributed by atoms with Crippen LogP contribution < -0.4 is 0 Å². The Morgan fingerprint density at radius 1 is 1.05 bits per heavy atom. The van der Waals surface area contributed by atoms with Gasteiger partial charge in [-0.1, -0.05) is 38.8 Å². The highest BCUT2D eigenvalue weighted by Crippen LogP contribution is 2.43. The van der Waals surface area contributed by atoms with E-state index in [4.69, 9.17) is 0 Å². The highest BCUT2D eigenvalue weighted by atomic mass is 16.1. The lowest BCUT2D eigenvalue weighted by Gasteiger charge is -2.27. The monoisotopic (exact) mass is 262 g/mol. The molecule has 0 amide bonds. The first-order valence-corrected chi connectivity index (χ1v) is 7.89. The van der Waals surface area contributed by atoms with Crippen molar-refractivity contribution >= 4 is 11.6 Å². The molecule has 106 valence electrons. The first-order valence-electron chi connectivity index (χ1n) is 7.89. The van der Waals surface area contributed by atoms with Crippen LogP contribution in [0.2, 0.25) is 0 Å². The summed E-state index contributed by atoms with van der Waals surface area (Å²) in [5.41, 5.74) is 0. The van der Waals surface area contributed by atoms with Crippen molar-refractivity contribution < 1.29 is 9.59 Å². The average molecular weight is 262 g/mol. The zero-order chi connectivity index (χ0) is 13.8. The number of rotatable bonds is 0. The van der Waals surface area contributed by atoms with E-state index < -0.39 is 0 Å². The van der Waals surface area contributed by atoms with Gasteiger partial charge in [-0.05, 0) is 31.1 Å². The summed E-state index contributed by atoms with van der Waals surface area (Å²) in [6.07, 6.45) is 12.1. The summed E-state index contributed by atoms with van der Waals surface area (Å²) in [4.78, 5) is 21.4. The maximum atomic E-state index is 10.7. The molecule has 3 fully saturated rings. The summed E-state index contributed by atoms with van der Waals surface area (Å²) in [6, 6.07) is 0. The zero-order valence-corrected chi connectivity index (χ0v) is 12.2. The number of allylic oxidation sites excluding steroid dienone is 2. The molecule has 4 aliphatic rings. The van der Waals surface area contributed by atoms with Gasteiger partial charge in [-0.3, -0.25) is 9.59 Å². The van der Waals surface area contributed by atoms with Crippen LogP contribution in [0.5, 0.6) is 0 Å². The molecular formula is C17H26O2. The van der Waals surface area contributed by atoms with Crippen LogP contribution in [0.1, 0.15) is 58.8 Å². The van der Waals surface area contributed by atoms with Gasteiger partial charge < -0.3 is 0 Å². The molecular weight excluding hydrogens is 236 g/mol. The molecule has 19 heavy (non-hydrogen) atoms. The predicted octanol–water partition coefficient (Wildman–Crippen LogP) is 3.94. The first-order chi connectivity index (χ1) is 9.17. The molecule has 4 aliphatic carbocycles. The van der Waals surface area contributed by atoms with Crippen molar-refractivity contribution in [1.82, 2.24) is 0 Å². The van der Waals surface area contributed by atoms with Crippen LogP contribution in [0.4, 0.5) is 0 Å². The maximum Gasteiger partial charge on any atom is 0.137 e. The summed E-state index contributed by atoms with van der Waals surface area (Å²) >= 11 is 0. The minimum atomic E-state index is 0.412. The Hall–Kier alpha value is -0.920. The molecule has 0 bridgehead atoms. The normalized spacial score (nSPS) is 36.9. The van der Waals surface area contributed by atoms with Gasteiger partial charge in [-0.2, -0.15) is 0 Å². The summed E-state index contributed by atoms with van der Waals surface area (Å²) in [7, 11) is 0. The molecule has 0 radical (unpaired) electrons. The lowest BCUT2D eigenvalue weighted by Crippen LogP contribution is -2.32. The van der Waals surface area contributed by atoms with Crippen LogP contribution in [-0.4, -0.2) is 11.6 Å². The molecule has 0 aliphatic heterocycles. The number of Topliss-reactive ketones (excluding diaryl/α,β-unsaturated/α-hetero) is 2. The predicted molar refractivity (Wildman–Crippen MR) is 76.8 cm³/mol. The molecule has 4 unspecified atom stereocenters. The van der Waals surface area contributed by atoms with E-state index in [1.807, 2.05) is 0 Å². The van der Waals surface area contributed by atoms with E-state index in [0.717, 1.165) is 25.2 Å². The summed E-state index contributed by atoms with van der Waals surface area (Å²) in [5, 5.41) is 0. The Bertz CT molecular complexity index is 363. The first kappa shape index (κ1) is 14.5. The van der Waals surface area contributed by atoms with Crippen LogP contribution in [0.25, 0.3) is 0 Å². The SMILES string of the molecule is CCC.O=C1CC2C=CCC12.O=C1CC2CCCC12. The van der Waals surface area contributed by atoms with E-state index in [1.54, 1.807) is 0 Å². The van der Waals surface area contributed by atoms with Gasteiger partial charge >= 0.3 is 0 Å². The topological polar surface area (TPSA) is 34.1 Å². The Labute approximate surface area is 116 Å². The second kappa shape index (κ2) is 6.49. The Morgan fingerprint density at radius 3 is 2.16 bits per heavy atom. The molecule has 0 spiro atoms. The van der Waals surface area contributed by atoms with Crippen molar-refractivity contribution in [3.63, 3.8) is 0 Å². The van der Waals surface area contributed by atoms with Crippen LogP contribution >= 0.6 is 0 Å². The highest BCUT2D eigenvalue weighted by molar-refractivity contribution is 5.89.